The highest BCUT2D eigenvalue weighted by molar-refractivity contribution is 5.59. The van der Waals surface area contributed by atoms with E-state index in [1.54, 1.807) is 0 Å². The summed E-state index contributed by atoms with van der Waals surface area (Å²) >= 11 is 0. The number of nitrogens with zero attached hydrogens (tertiary/aromatic N) is 1. The van der Waals surface area contributed by atoms with Gasteiger partial charge in [0.1, 0.15) is 0 Å². The van der Waals surface area contributed by atoms with Gasteiger partial charge in [-0.3, -0.25) is 4.79 Å². The number of hydrogen-bond donors (Lipinski definition) is 0. The summed E-state index contributed by atoms with van der Waals surface area (Å²) in [5.41, 5.74) is 0. The summed E-state index contributed by atoms with van der Waals surface area (Å²) in [4.78, 5) is 11.9. The molecule has 0 amide bonds. The van der Waals surface area contributed by atoms with Crippen molar-refractivity contribution in [2.75, 3.05) is 20.1 Å². The normalized spacial score (nSPS) is 26.1. The van der Waals surface area contributed by atoms with Gasteiger partial charge >= 0.3 is 5.92 Å². The Morgan fingerprint density at radius 2 is 2.33 bits per heavy atom. The summed E-state index contributed by atoms with van der Waals surface area (Å²) in [6, 6.07) is 0. The molecule has 0 radical (unpaired) electrons. The first-order chi connectivity index (χ1) is 5.53. The molecule has 0 aliphatic carbocycles. The van der Waals surface area contributed by atoms with Crippen molar-refractivity contribution >= 4 is 6.29 Å². The molecule has 1 atom stereocenters. The maximum Gasteiger partial charge on any atom is 0.302 e. The molecule has 1 aliphatic rings. The topological polar surface area (TPSA) is 20.3 Å². The van der Waals surface area contributed by atoms with Gasteiger partial charge in [-0.1, -0.05) is 0 Å². The molecule has 0 aromatic rings. The van der Waals surface area contributed by atoms with E-state index in [1.165, 1.54) is 0 Å². The zero-order valence-corrected chi connectivity index (χ0v) is 7.09. The Kier molecular flexibility index (Phi) is 2.77. The highest BCUT2D eigenvalue weighted by atomic mass is 19.3. The van der Waals surface area contributed by atoms with Crippen LogP contribution in [0.5, 0.6) is 0 Å². The van der Waals surface area contributed by atoms with E-state index >= 15 is 0 Å². The molecule has 70 valence electrons. The van der Waals surface area contributed by atoms with Crippen LogP contribution in [0.15, 0.2) is 0 Å². The molecule has 0 bridgehead atoms. The van der Waals surface area contributed by atoms with Crippen LogP contribution in [0.3, 0.4) is 0 Å². The highest BCUT2D eigenvalue weighted by Gasteiger charge is 2.34. The minimum Gasteiger partial charge on any atom is -0.306 e. The highest BCUT2D eigenvalue weighted by Crippen LogP contribution is 2.27. The standard InChI is InChI=1S/C8H13F2NO/c1-11-3-2-7(5-11)4-8(9,10)6-12/h6-7H,2-5H2,1H3. The Morgan fingerprint density at radius 3 is 2.75 bits per heavy atom. The number of aldehydes is 1. The third-order valence-corrected chi connectivity index (χ3v) is 2.22. The van der Waals surface area contributed by atoms with E-state index in [0.29, 0.717) is 6.54 Å². The third kappa shape index (κ3) is 2.52. The second-order valence-corrected chi connectivity index (χ2v) is 3.50. The van der Waals surface area contributed by atoms with Crippen molar-refractivity contribution < 1.29 is 13.6 Å². The first-order valence-corrected chi connectivity index (χ1v) is 4.06. The van der Waals surface area contributed by atoms with Crippen LogP contribution in [0.2, 0.25) is 0 Å². The molecule has 1 fully saturated rings. The van der Waals surface area contributed by atoms with Crippen LogP contribution >= 0.6 is 0 Å². The van der Waals surface area contributed by atoms with Gasteiger partial charge in [0.05, 0.1) is 0 Å². The van der Waals surface area contributed by atoms with Gasteiger partial charge in [0.15, 0.2) is 6.29 Å². The molecule has 1 aliphatic heterocycles. The fraction of sp³-hybridized carbons (Fsp3) is 0.875. The summed E-state index contributed by atoms with van der Waals surface area (Å²) in [6.45, 7) is 1.54. The third-order valence-electron chi connectivity index (χ3n) is 2.22. The van der Waals surface area contributed by atoms with Crippen molar-refractivity contribution in [2.24, 2.45) is 5.92 Å². The largest absolute Gasteiger partial charge is 0.306 e. The predicted octanol–water partition coefficient (Wildman–Crippen LogP) is 1.16. The minimum atomic E-state index is -3.12. The van der Waals surface area contributed by atoms with Crippen LogP contribution in [-0.4, -0.2) is 37.2 Å². The van der Waals surface area contributed by atoms with Crippen LogP contribution in [0.1, 0.15) is 12.8 Å². The Morgan fingerprint density at radius 1 is 1.67 bits per heavy atom. The van der Waals surface area contributed by atoms with Gasteiger partial charge in [0, 0.05) is 13.0 Å². The fourth-order valence-electron chi connectivity index (χ4n) is 1.63. The van der Waals surface area contributed by atoms with Crippen LogP contribution < -0.4 is 0 Å². The average molecular weight is 177 g/mol. The first kappa shape index (κ1) is 9.58. The van der Waals surface area contributed by atoms with Crippen LogP contribution in [0, 0.1) is 5.92 Å². The Bertz CT molecular complexity index is 172. The van der Waals surface area contributed by atoms with E-state index < -0.39 is 5.92 Å². The number of alkyl halides is 2. The van der Waals surface area contributed by atoms with Gasteiger partial charge in [-0.25, -0.2) is 0 Å². The number of rotatable bonds is 3. The first-order valence-electron chi connectivity index (χ1n) is 4.06. The van der Waals surface area contributed by atoms with Gasteiger partial charge in [-0.2, -0.15) is 8.78 Å². The van der Waals surface area contributed by atoms with Gasteiger partial charge in [-0.15, -0.1) is 0 Å². The molecule has 4 heteroatoms. The zero-order valence-electron chi connectivity index (χ0n) is 7.09. The zero-order chi connectivity index (χ0) is 9.19. The summed E-state index contributed by atoms with van der Waals surface area (Å²) in [5.74, 6) is -3.13. The number of halogens is 2. The molecule has 0 aromatic heterocycles. The summed E-state index contributed by atoms with van der Waals surface area (Å²) in [6.07, 6.45) is 0.242. The average Bonchev–Trinajstić information content (AvgIpc) is 2.35. The van der Waals surface area contributed by atoms with Gasteiger partial charge in [0.25, 0.3) is 0 Å². The van der Waals surface area contributed by atoms with E-state index in [9.17, 15) is 13.6 Å². The van der Waals surface area contributed by atoms with Gasteiger partial charge in [-0.05, 0) is 25.9 Å². The number of carbonyl (C=O) groups excluding carboxylic acids is 1. The van der Waals surface area contributed by atoms with Gasteiger partial charge in [0.2, 0.25) is 0 Å². The maximum absolute atomic E-state index is 12.5. The van der Waals surface area contributed by atoms with Crippen molar-refractivity contribution in [1.82, 2.24) is 4.90 Å². The monoisotopic (exact) mass is 177 g/mol. The molecule has 0 N–H and O–H groups in total. The molecule has 1 rings (SSSR count). The van der Waals surface area contributed by atoms with Crippen molar-refractivity contribution in [2.45, 2.75) is 18.8 Å². The van der Waals surface area contributed by atoms with Crippen molar-refractivity contribution in [1.29, 1.82) is 0 Å². The van der Waals surface area contributed by atoms with Crippen LogP contribution in [0.4, 0.5) is 8.78 Å². The van der Waals surface area contributed by atoms with E-state index in [0.717, 1.165) is 13.0 Å². The van der Waals surface area contributed by atoms with Crippen molar-refractivity contribution in [3.05, 3.63) is 0 Å². The molecular formula is C8H13F2NO. The van der Waals surface area contributed by atoms with Crippen molar-refractivity contribution in [3.8, 4) is 0 Å². The molecular weight excluding hydrogens is 164 g/mol. The molecule has 12 heavy (non-hydrogen) atoms. The number of carbonyl (C=O) groups is 1. The SMILES string of the molecule is CN1CCC(CC(F)(F)C=O)C1. The number of likely N-dealkylation sites (tertiary alicyclic amines) is 1. The predicted molar refractivity (Wildman–Crippen MR) is 41.2 cm³/mol. The molecule has 1 heterocycles. The number of hydrogen-bond acceptors (Lipinski definition) is 2. The Balaban J connectivity index is 2.36. The lowest BCUT2D eigenvalue weighted by molar-refractivity contribution is -0.131. The molecule has 2 nitrogen and oxygen atoms in total. The fourth-order valence-corrected chi connectivity index (χ4v) is 1.63. The summed E-state index contributed by atoms with van der Waals surface area (Å²) in [7, 11) is 1.90. The molecule has 1 saturated heterocycles. The lowest BCUT2D eigenvalue weighted by Gasteiger charge is -2.14. The molecule has 1 unspecified atom stereocenters. The van der Waals surface area contributed by atoms with Crippen LogP contribution in [-0.2, 0) is 4.79 Å². The second kappa shape index (κ2) is 3.47. The van der Waals surface area contributed by atoms with Crippen LogP contribution in [0.25, 0.3) is 0 Å². The van der Waals surface area contributed by atoms with Crippen molar-refractivity contribution in [3.63, 3.8) is 0 Å². The minimum absolute atomic E-state index is 0.0183. The van der Waals surface area contributed by atoms with E-state index in [1.807, 2.05) is 11.9 Å². The van der Waals surface area contributed by atoms with E-state index in [2.05, 4.69) is 0 Å². The summed E-state index contributed by atoms with van der Waals surface area (Å²) < 4.78 is 25.1. The summed E-state index contributed by atoms with van der Waals surface area (Å²) in [5, 5.41) is 0. The quantitative estimate of drug-likeness (QED) is 0.603. The Hall–Kier alpha value is -0.510. The smallest absolute Gasteiger partial charge is 0.302 e. The molecule has 0 saturated carbocycles. The molecule has 0 spiro atoms. The molecule has 0 aromatic carbocycles. The maximum atomic E-state index is 12.5. The van der Waals surface area contributed by atoms with Gasteiger partial charge < -0.3 is 4.90 Å². The van der Waals surface area contributed by atoms with E-state index in [4.69, 9.17) is 0 Å². The lowest BCUT2D eigenvalue weighted by Crippen LogP contribution is -2.24. The lowest BCUT2D eigenvalue weighted by atomic mass is 10.0. The van der Waals surface area contributed by atoms with E-state index in [-0.39, 0.29) is 18.6 Å². The second-order valence-electron chi connectivity index (χ2n) is 3.50. The Labute approximate surface area is 70.5 Å².